The fourth-order valence-corrected chi connectivity index (χ4v) is 2.54. The van der Waals surface area contributed by atoms with E-state index in [0.29, 0.717) is 28.6 Å². The summed E-state index contributed by atoms with van der Waals surface area (Å²) in [5.74, 6) is 1.47. The molecular formula is C17H12N6. The third kappa shape index (κ3) is 2.12. The van der Waals surface area contributed by atoms with Crippen molar-refractivity contribution in [3.05, 3.63) is 66.0 Å². The minimum atomic E-state index is 0.334. The lowest BCUT2D eigenvalue weighted by molar-refractivity contribution is 1.00. The molecule has 0 amide bonds. The fraction of sp³-hybridized carbons (Fsp3) is 0. The topological polar surface area (TPSA) is 92.0 Å². The largest absolute Gasteiger partial charge is 0.383 e. The number of hydrogen-bond donors (Lipinski definition) is 2. The Morgan fingerprint density at radius 3 is 2.70 bits per heavy atom. The van der Waals surface area contributed by atoms with Crippen LogP contribution in [0.1, 0.15) is 11.1 Å². The maximum Gasteiger partial charge on any atom is 0.157 e. The number of benzene rings is 1. The van der Waals surface area contributed by atoms with Gasteiger partial charge in [0, 0.05) is 12.4 Å². The van der Waals surface area contributed by atoms with Crippen LogP contribution in [0.3, 0.4) is 0 Å². The highest BCUT2D eigenvalue weighted by atomic mass is 15.1. The zero-order valence-electron chi connectivity index (χ0n) is 12.1. The number of nitrogens with two attached hydrogens (primary N) is 1. The summed E-state index contributed by atoms with van der Waals surface area (Å²) >= 11 is 0. The summed E-state index contributed by atoms with van der Waals surface area (Å²) < 4.78 is 1.80. The van der Waals surface area contributed by atoms with E-state index < -0.39 is 0 Å². The molecule has 0 atom stereocenters. The number of nitrogens with zero attached hydrogens (tertiary/aromatic N) is 4. The van der Waals surface area contributed by atoms with Gasteiger partial charge in [0.15, 0.2) is 5.82 Å². The van der Waals surface area contributed by atoms with Crippen molar-refractivity contribution in [2.45, 2.75) is 0 Å². The number of nitriles is 1. The van der Waals surface area contributed by atoms with Gasteiger partial charge in [-0.2, -0.15) is 5.26 Å². The molecule has 0 fully saturated rings. The van der Waals surface area contributed by atoms with E-state index in [-0.39, 0.29) is 0 Å². The first-order chi connectivity index (χ1) is 11.3. The molecular weight excluding hydrogens is 288 g/mol. The number of anilines is 2. The second kappa shape index (κ2) is 5.00. The van der Waals surface area contributed by atoms with Gasteiger partial charge >= 0.3 is 0 Å². The first kappa shape index (κ1) is 13.1. The van der Waals surface area contributed by atoms with Gasteiger partial charge in [0.25, 0.3) is 0 Å². The number of pyridine rings is 1. The second-order valence-corrected chi connectivity index (χ2v) is 5.10. The molecule has 0 aliphatic carbocycles. The number of aromatic nitrogens is 2. The average molecular weight is 300 g/mol. The minimum Gasteiger partial charge on any atom is -0.383 e. The molecule has 1 aromatic carbocycles. The summed E-state index contributed by atoms with van der Waals surface area (Å²) in [4.78, 5) is 9.03. The normalized spacial score (nSPS) is 12.2. The van der Waals surface area contributed by atoms with Crippen LogP contribution >= 0.6 is 0 Å². The van der Waals surface area contributed by atoms with Crippen molar-refractivity contribution in [2.75, 3.05) is 5.32 Å². The summed E-state index contributed by atoms with van der Waals surface area (Å²) in [5, 5.41) is 12.7. The molecule has 4 rings (SSSR count). The van der Waals surface area contributed by atoms with Crippen LogP contribution in [0.5, 0.6) is 0 Å². The third-order valence-corrected chi connectivity index (χ3v) is 3.65. The van der Waals surface area contributed by atoms with E-state index in [0.717, 1.165) is 11.4 Å². The van der Waals surface area contributed by atoms with Crippen molar-refractivity contribution in [1.82, 2.24) is 9.55 Å². The molecule has 0 radical (unpaired) electrons. The number of nitrogens with one attached hydrogen (secondary N) is 1. The molecule has 6 heteroatoms. The van der Waals surface area contributed by atoms with Gasteiger partial charge in [0.1, 0.15) is 17.7 Å². The van der Waals surface area contributed by atoms with Crippen molar-refractivity contribution in [3.8, 4) is 11.9 Å². The quantitative estimate of drug-likeness (QED) is 0.722. The molecule has 1 aliphatic heterocycles. The lowest BCUT2D eigenvalue weighted by Gasteiger charge is -2.12. The van der Waals surface area contributed by atoms with Gasteiger partial charge in [-0.05, 0) is 30.3 Å². The minimum absolute atomic E-state index is 0.334. The van der Waals surface area contributed by atoms with Crippen LogP contribution < -0.4 is 11.1 Å². The van der Waals surface area contributed by atoms with Gasteiger partial charge in [-0.25, -0.2) is 9.98 Å². The molecule has 0 spiro atoms. The van der Waals surface area contributed by atoms with Crippen LogP contribution in [0.4, 0.5) is 17.2 Å². The lowest BCUT2D eigenvalue weighted by Crippen LogP contribution is -2.16. The molecule has 3 heterocycles. The Morgan fingerprint density at radius 1 is 1.13 bits per heavy atom. The third-order valence-electron chi connectivity index (χ3n) is 3.65. The monoisotopic (exact) mass is 300 g/mol. The van der Waals surface area contributed by atoms with E-state index in [1.54, 1.807) is 10.6 Å². The molecule has 0 unspecified atom stereocenters. The summed E-state index contributed by atoms with van der Waals surface area (Å²) in [6.45, 7) is 0. The van der Waals surface area contributed by atoms with E-state index in [1.807, 2.05) is 48.8 Å². The van der Waals surface area contributed by atoms with Crippen molar-refractivity contribution >= 4 is 23.0 Å². The maximum atomic E-state index is 9.44. The van der Waals surface area contributed by atoms with Crippen LogP contribution in [0, 0.1) is 11.3 Å². The van der Waals surface area contributed by atoms with Crippen molar-refractivity contribution in [3.63, 3.8) is 0 Å². The molecule has 3 N–H and O–H groups in total. The SMILES string of the molecule is N#Cc1cc2c(nc1-n1cccc1)Nc1ccccc1N=C2N. The number of para-hydroxylation sites is 2. The molecule has 0 saturated carbocycles. The summed E-state index contributed by atoms with van der Waals surface area (Å²) in [6, 6.07) is 15.3. The number of fused-ring (bicyclic) bond motifs is 2. The Kier molecular flexibility index (Phi) is 2.85. The first-order valence-corrected chi connectivity index (χ1v) is 7.05. The average Bonchev–Trinajstić information content (AvgIpc) is 3.06. The molecule has 0 bridgehead atoms. The second-order valence-electron chi connectivity index (χ2n) is 5.10. The zero-order valence-corrected chi connectivity index (χ0v) is 12.1. The molecule has 23 heavy (non-hydrogen) atoms. The Bertz CT molecular complexity index is 963. The van der Waals surface area contributed by atoms with E-state index in [4.69, 9.17) is 5.73 Å². The van der Waals surface area contributed by atoms with Gasteiger partial charge < -0.3 is 15.6 Å². The summed E-state index contributed by atoms with van der Waals surface area (Å²) in [5.41, 5.74) is 8.73. The van der Waals surface area contributed by atoms with Gasteiger partial charge in [0.2, 0.25) is 0 Å². The first-order valence-electron chi connectivity index (χ1n) is 7.05. The Balaban J connectivity index is 1.96. The molecule has 2 aromatic heterocycles. The molecule has 3 aromatic rings. The van der Waals surface area contributed by atoms with Crippen LogP contribution in [-0.2, 0) is 0 Å². The van der Waals surface area contributed by atoms with E-state index >= 15 is 0 Å². The Morgan fingerprint density at radius 2 is 1.91 bits per heavy atom. The van der Waals surface area contributed by atoms with E-state index in [9.17, 15) is 5.26 Å². The standard InChI is InChI=1S/C17H12N6/c18-10-11-9-12-15(19)20-13-5-1-2-6-14(13)21-16(12)22-17(11)23-7-3-4-8-23/h1-9H,(H2,19,20)(H,21,22). The number of aliphatic imine (C=N–C) groups is 1. The van der Waals surface area contributed by atoms with Crippen molar-refractivity contribution in [2.24, 2.45) is 10.7 Å². The van der Waals surface area contributed by atoms with Gasteiger partial charge in [-0.15, -0.1) is 0 Å². The van der Waals surface area contributed by atoms with Gasteiger partial charge in [-0.3, -0.25) is 0 Å². The van der Waals surface area contributed by atoms with Crippen LogP contribution in [0.15, 0.2) is 59.9 Å². The zero-order chi connectivity index (χ0) is 15.8. The fourth-order valence-electron chi connectivity index (χ4n) is 2.54. The maximum absolute atomic E-state index is 9.44. The predicted molar refractivity (Wildman–Crippen MR) is 88.4 cm³/mol. The van der Waals surface area contributed by atoms with Crippen molar-refractivity contribution in [1.29, 1.82) is 5.26 Å². The summed E-state index contributed by atoms with van der Waals surface area (Å²) in [7, 11) is 0. The highest BCUT2D eigenvalue weighted by Gasteiger charge is 2.19. The van der Waals surface area contributed by atoms with E-state index in [1.165, 1.54) is 0 Å². The smallest absolute Gasteiger partial charge is 0.157 e. The van der Waals surface area contributed by atoms with Crippen LogP contribution in [0.2, 0.25) is 0 Å². The molecule has 1 aliphatic rings. The highest BCUT2D eigenvalue weighted by Crippen LogP contribution is 2.33. The van der Waals surface area contributed by atoms with E-state index in [2.05, 4.69) is 21.4 Å². The lowest BCUT2D eigenvalue weighted by atomic mass is 10.1. The van der Waals surface area contributed by atoms with Crippen LogP contribution in [-0.4, -0.2) is 15.4 Å². The van der Waals surface area contributed by atoms with Crippen molar-refractivity contribution < 1.29 is 0 Å². The van der Waals surface area contributed by atoms with Crippen LogP contribution in [0.25, 0.3) is 5.82 Å². The number of amidine groups is 1. The Labute approximate surface area is 132 Å². The van der Waals surface area contributed by atoms with Gasteiger partial charge in [0.05, 0.1) is 22.5 Å². The Hall–Kier alpha value is -3.59. The number of hydrogen-bond acceptors (Lipinski definition) is 5. The molecule has 0 saturated heterocycles. The molecule has 110 valence electrons. The predicted octanol–water partition coefficient (Wildman–Crippen LogP) is 2.84. The molecule has 6 nitrogen and oxygen atoms in total. The van der Waals surface area contributed by atoms with Gasteiger partial charge in [-0.1, -0.05) is 12.1 Å². The summed E-state index contributed by atoms with van der Waals surface area (Å²) in [6.07, 6.45) is 3.69. The number of rotatable bonds is 1. The highest BCUT2D eigenvalue weighted by molar-refractivity contribution is 6.06.